The number of rotatable bonds is 2. The van der Waals surface area contributed by atoms with Gasteiger partial charge < -0.3 is 10.8 Å². The maximum atomic E-state index is 9.97. The summed E-state index contributed by atoms with van der Waals surface area (Å²) in [5.41, 5.74) is 11.0. The minimum Gasteiger partial charge on any atom is -0.507 e. The molecule has 4 N–H and O–H groups in total. The quantitative estimate of drug-likeness (QED) is 0.454. The smallest absolute Gasteiger partial charge is 0.187 e. The molecule has 1 aliphatic carbocycles. The highest BCUT2D eigenvalue weighted by Crippen LogP contribution is 2.36. The van der Waals surface area contributed by atoms with E-state index in [1.165, 1.54) is 11.1 Å². The van der Waals surface area contributed by atoms with Crippen molar-refractivity contribution in [3.8, 4) is 17.0 Å². The van der Waals surface area contributed by atoms with Gasteiger partial charge in [-0.25, -0.2) is 9.97 Å². The number of halogens is 1. The Hall–Kier alpha value is -2.93. The van der Waals surface area contributed by atoms with Crippen molar-refractivity contribution in [1.29, 1.82) is 0 Å². The number of phenolic OH excluding ortho intramolecular Hbond substituents is 1. The van der Waals surface area contributed by atoms with E-state index in [0.717, 1.165) is 24.2 Å². The van der Waals surface area contributed by atoms with E-state index >= 15 is 0 Å². The van der Waals surface area contributed by atoms with Crippen LogP contribution in [0.25, 0.3) is 22.3 Å². The first-order chi connectivity index (χ1) is 13.1. The number of hydrogen-bond donors (Lipinski definition) is 3. The van der Waals surface area contributed by atoms with Gasteiger partial charge in [-0.3, -0.25) is 5.10 Å². The number of aromatic amines is 1. The van der Waals surface area contributed by atoms with Crippen LogP contribution < -0.4 is 5.73 Å². The molecule has 0 atom stereocenters. The standard InChI is InChI=1S/C20H16BrN5O/c21-14-6-5-12(9-15(14)27)17-16-18(22)23-19(24-20(16)26-25-17)13-7-10-3-1-2-4-11(10)8-13/h1-6,9,13,27H,7-8H2,(H3,22,23,24,25,26). The summed E-state index contributed by atoms with van der Waals surface area (Å²) in [6.07, 6.45) is 1.83. The molecule has 27 heavy (non-hydrogen) atoms. The number of nitrogens with one attached hydrogen (secondary N) is 1. The lowest BCUT2D eigenvalue weighted by molar-refractivity contribution is 0.472. The molecule has 0 aliphatic heterocycles. The molecular weight excluding hydrogens is 406 g/mol. The zero-order chi connectivity index (χ0) is 18.5. The molecule has 5 rings (SSSR count). The second kappa shape index (κ2) is 6.06. The van der Waals surface area contributed by atoms with Crippen molar-refractivity contribution in [2.75, 3.05) is 5.73 Å². The van der Waals surface area contributed by atoms with Gasteiger partial charge in [0.2, 0.25) is 0 Å². The number of fused-ring (bicyclic) bond motifs is 2. The summed E-state index contributed by atoms with van der Waals surface area (Å²) in [5.74, 6) is 1.49. The summed E-state index contributed by atoms with van der Waals surface area (Å²) in [7, 11) is 0. The number of nitrogens with two attached hydrogens (primary N) is 1. The Balaban J connectivity index is 1.57. The molecule has 0 amide bonds. The Morgan fingerprint density at radius 1 is 1.07 bits per heavy atom. The summed E-state index contributed by atoms with van der Waals surface area (Å²) in [5, 5.41) is 18.0. The third kappa shape index (κ3) is 2.66. The molecule has 0 saturated carbocycles. The van der Waals surface area contributed by atoms with Gasteiger partial charge in [-0.2, -0.15) is 5.10 Å². The lowest BCUT2D eigenvalue weighted by Crippen LogP contribution is -2.07. The zero-order valence-electron chi connectivity index (χ0n) is 14.3. The average Bonchev–Trinajstić information content (AvgIpc) is 3.28. The van der Waals surface area contributed by atoms with E-state index in [0.29, 0.717) is 27.0 Å². The molecule has 2 heterocycles. The van der Waals surface area contributed by atoms with Crippen molar-refractivity contribution in [1.82, 2.24) is 20.2 Å². The van der Waals surface area contributed by atoms with Crippen molar-refractivity contribution in [2.45, 2.75) is 18.8 Å². The van der Waals surface area contributed by atoms with Gasteiger partial charge in [0.15, 0.2) is 5.65 Å². The minimum absolute atomic E-state index is 0.148. The lowest BCUT2D eigenvalue weighted by atomic mass is 10.0. The average molecular weight is 422 g/mol. The van der Waals surface area contributed by atoms with Crippen molar-refractivity contribution >= 4 is 32.8 Å². The molecule has 4 aromatic rings. The first kappa shape index (κ1) is 16.3. The Morgan fingerprint density at radius 2 is 1.81 bits per heavy atom. The molecule has 7 heteroatoms. The molecule has 0 unspecified atom stereocenters. The normalized spacial score (nSPS) is 14.0. The lowest BCUT2D eigenvalue weighted by Gasteiger charge is -2.09. The van der Waals surface area contributed by atoms with Crippen LogP contribution in [0.2, 0.25) is 0 Å². The molecule has 1 aliphatic rings. The molecule has 0 radical (unpaired) electrons. The van der Waals surface area contributed by atoms with Gasteiger partial charge >= 0.3 is 0 Å². The number of aromatic nitrogens is 4. The Morgan fingerprint density at radius 3 is 2.52 bits per heavy atom. The number of aromatic hydroxyl groups is 1. The molecule has 0 bridgehead atoms. The number of nitrogen functional groups attached to an aromatic ring is 1. The topological polar surface area (TPSA) is 101 Å². The van der Waals surface area contributed by atoms with Crippen molar-refractivity contribution in [2.24, 2.45) is 0 Å². The maximum absolute atomic E-state index is 9.97. The number of H-pyrrole nitrogens is 1. The van der Waals surface area contributed by atoms with Crippen LogP contribution in [0.15, 0.2) is 46.9 Å². The van der Waals surface area contributed by atoms with Gasteiger partial charge in [0.1, 0.15) is 17.4 Å². The molecule has 0 fully saturated rings. The minimum atomic E-state index is 0.148. The molecule has 0 saturated heterocycles. The SMILES string of the molecule is Nc1nc(C2Cc3ccccc3C2)nc2n[nH]c(-c3ccc(Br)c(O)c3)c12. The first-order valence-electron chi connectivity index (χ1n) is 8.67. The Labute approximate surface area is 163 Å². The third-order valence-electron chi connectivity index (χ3n) is 5.11. The van der Waals surface area contributed by atoms with Gasteiger partial charge in [0.05, 0.1) is 15.6 Å². The van der Waals surface area contributed by atoms with Gasteiger partial charge in [0.25, 0.3) is 0 Å². The molecule has 2 aromatic carbocycles. The molecule has 134 valence electrons. The second-order valence-electron chi connectivity index (χ2n) is 6.80. The van der Waals surface area contributed by atoms with Crippen molar-refractivity contribution < 1.29 is 5.11 Å². The predicted molar refractivity (Wildman–Crippen MR) is 107 cm³/mol. The van der Waals surface area contributed by atoms with Crippen LogP contribution in [0.5, 0.6) is 5.75 Å². The van der Waals surface area contributed by atoms with Crippen LogP contribution in [0.1, 0.15) is 22.9 Å². The van der Waals surface area contributed by atoms with E-state index in [1.54, 1.807) is 12.1 Å². The Bertz CT molecular complexity index is 1160. The van der Waals surface area contributed by atoms with Crippen LogP contribution >= 0.6 is 15.9 Å². The van der Waals surface area contributed by atoms with Gasteiger partial charge in [-0.15, -0.1) is 0 Å². The summed E-state index contributed by atoms with van der Waals surface area (Å²) in [4.78, 5) is 9.28. The molecule has 0 spiro atoms. The predicted octanol–water partition coefficient (Wildman–Crippen LogP) is 3.95. The fraction of sp³-hybridized carbons (Fsp3) is 0.150. The summed E-state index contributed by atoms with van der Waals surface area (Å²) < 4.78 is 0.627. The fourth-order valence-electron chi connectivity index (χ4n) is 3.77. The van der Waals surface area contributed by atoms with Crippen LogP contribution in [0, 0.1) is 0 Å². The summed E-state index contributed by atoms with van der Waals surface area (Å²) in [6.45, 7) is 0. The van der Waals surface area contributed by atoms with Gasteiger partial charge in [0, 0.05) is 11.5 Å². The number of hydrogen-bond acceptors (Lipinski definition) is 5. The maximum Gasteiger partial charge on any atom is 0.187 e. The van der Waals surface area contributed by atoms with Gasteiger partial charge in [-0.1, -0.05) is 30.3 Å². The number of benzene rings is 2. The fourth-order valence-corrected chi connectivity index (χ4v) is 4.02. The molecular formula is C20H16BrN5O. The second-order valence-corrected chi connectivity index (χ2v) is 7.66. The van der Waals surface area contributed by atoms with E-state index in [4.69, 9.17) is 5.73 Å². The van der Waals surface area contributed by atoms with Crippen LogP contribution in [0.4, 0.5) is 5.82 Å². The monoisotopic (exact) mass is 421 g/mol. The Kier molecular flexibility index (Phi) is 3.65. The van der Waals surface area contributed by atoms with E-state index in [2.05, 4.69) is 60.4 Å². The van der Waals surface area contributed by atoms with E-state index < -0.39 is 0 Å². The van der Waals surface area contributed by atoms with Gasteiger partial charge in [-0.05, 0) is 52.0 Å². The molecule has 2 aromatic heterocycles. The van der Waals surface area contributed by atoms with Crippen LogP contribution in [-0.4, -0.2) is 25.3 Å². The highest BCUT2D eigenvalue weighted by Gasteiger charge is 2.26. The zero-order valence-corrected chi connectivity index (χ0v) is 15.9. The highest BCUT2D eigenvalue weighted by atomic mass is 79.9. The number of nitrogens with zero attached hydrogens (tertiary/aromatic N) is 3. The number of anilines is 1. The van der Waals surface area contributed by atoms with E-state index in [1.807, 2.05) is 6.07 Å². The van der Waals surface area contributed by atoms with Crippen LogP contribution in [0.3, 0.4) is 0 Å². The van der Waals surface area contributed by atoms with E-state index in [-0.39, 0.29) is 11.7 Å². The molecule has 6 nitrogen and oxygen atoms in total. The summed E-state index contributed by atoms with van der Waals surface area (Å²) in [6, 6.07) is 13.7. The third-order valence-corrected chi connectivity index (χ3v) is 5.78. The highest BCUT2D eigenvalue weighted by molar-refractivity contribution is 9.10. The van der Waals surface area contributed by atoms with Crippen LogP contribution in [-0.2, 0) is 12.8 Å². The first-order valence-corrected chi connectivity index (χ1v) is 9.46. The summed E-state index contributed by atoms with van der Waals surface area (Å²) >= 11 is 3.29. The van der Waals surface area contributed by atoms with Crippen molar-refractivity contribution in [3.05, 3.63) is 63.9 Å². The largest absolute Gasteiger partial charge is 0.507 e. The van der Waals surface area contributed by atoms with Crippen molar-refractivity contribution in [3.63, 3.8) is 0 Å². The van der Waals surface area contributed by atoms with E-state index in [9.17, 15) is 5.11 Å². The number of phenols is 1.